The van der Waals surface area contributed by atoms with E-state index in [0.717, 1.165) is 22.7 Å². The first-order chi connectivity index (χ1) is 8.69. The molecule has 0 saturated carbocycles. The lowest BCUT2D eigenvalue weighted by Crippen LogP contribution is -2.04. The number of aliphatic hydroxyl groups excluding tert-OH is 1. The Morgan fingerprint density at radius 3 is 2.89 bits per heavy atom. The molecule has 0 aliphatic carbocycles. The van der Waals surface area contributed by atoms with Crippen LogP contribution in [0.25, 0.3) is 0 Å². The monoisotopic (exact) mass is 264 g/mol. The molecule has 1 aromatic carbocycles. The van der Waals surface area contributed by atoms with E-state index in [2.05, 4.69) is 4.98 Å². The molecule has 0 aliphatic heterocycles. The van der Waals surface area contributed by atoms with Gasteiger partial charge in [0.2, 0.25) is 0 Å². The number of thiazole rings is 1. The second-order valence-corrected chi connectivity index (χ2v) is 4.95. The highest BCUT2D eigenvalue weighted by atomic mass is 32.1. The van der Waals surface area contributed by atoms with Crippen LogP contribution in [0.15, 0.2) is 23.6 Å². The summed E-state index contributed by atoms with van der Waals surface area (Å²) in [6.07, 6.45) is 0.781. The van der Waals surface area contributed by atoms with Crippen LogP contribution in [-0.2, 0) is 6.42 Å². The van der Waals surface area contributed by atoms with Gasteiger partial charge in [-0.2, -0.15) is 0 Å². The van der Waals surface area contributed by atoms with E-state index < -0.39 is 0 Å². The van der Waals surface area contributed by atoms with Gasteiger partial charge >= 0.3 is 0 Å². The van der Waals surface area contributed by atoms with Gasteiger partial charge in [-0.3, -0.25) is 0 Å². The topological polar surface area (TPSA) is 68.4 Å². The molecular formula is C13H16N2O2S. The van der Waals surface area contributed by atoms with Crippen LogP contribution in [0.3, 0.4) is 0 Å². The van der Waals surface area contributed by atoms with Crippen LogP contribution in [0.2, 0.25) is 0 Å². The first-order valence-corrected chi connectivity index (χ1v) is 6.60. The molecule has 0 atom stereocenters. The zero-order chi connectivity index (χ0) is 13.0. The van der Waals surface area contributed by atoms with Gasteiger partial charge in [0.25, 0.3) is 0 Å². The number of nitrogens with zero attached hydrogens (tertiary/aromatic N) is 1. The van der Waals surface area contributed by atoms with E-state index in [9.17, 15) is 0 Å². The van der Waals surface area contributed by atoms with Crippen LogP contribution in [0.1, 0.15) is 16.3 Å². The second-order valence-electron chi connectivity index (χ2n) is 4.00. The quantitative estimate of drug-likeness (QED) is 0.810. The SMILES string of the molecule is Cc1csc(Cc2ccc(OCCO)c(N)c2)n1. The fourth-order valence-electron chi connectivity index (χ4n) is 1.65. The van der Waals surface area contributed by atoms with Crippen LogP contribution >= 0.6 is 11.3 Å². The number of hydrogen-bond acceptors (Lipinski definition) is 5. The number of ether oxygens (including phenoxy) is 1. The minimum Gasteiger partial charge on any atom is -0.489 e. The minimum atomic E-state index is -0.0143. The molecule has 1 heterocycles. The van der Waals surface area contributed by atoms with E-state index in [1.54, 1.807) is 11.3 Å². The normalized spacial score (nSPS) is 10.6. The Morgan fingerprint density at radius 1 is 1.44 bits per heavy atom. The number of benzene rings is 1. The molecule has 0 bridgehead atoms. The molecule has 5 heteroatoms. The summed E-state index contributed by atoms with van der Waals surface area (Å²) in [4.78, 5) is 4.42. The third-order valence-electron chi connectivity index (χ3n) is 2.44. The summed E-state index contributed by atoms with van der Waals surface area (Å²) in [5, 5.41) is 11.8. The van der Waals surface area contributed by atoms with Gasteiger partial charge in [0.1, 0.15) is 12.4 Å². The van der Waals surface area contributed by atoms with Gasteiger partial charge in [0, 0.05) is 17.5 Å². The Hall–Kier alpha value is -1.59. The highest BCUT2D eigenvalue weighted by molar-refractivity contribution is 7.09. The Morgan fingerprint density at radius 2 is 2.28 bits per heavy atom. The van der Waals surface area contributed by atoms with Crippen molar-refractivity contribution in [2.75, 3.05) is 18.9 Å². The number of nitrogen functional groups attached to an aromatic ring is 1. The van der Waals surface area contributed by atoms with Crippen molar-refractivity contribution in [2.45, 2.75) is 13.3 Å². The summed E-state index contributed by atoms with van der Waals surface area (Å²) in [5.74, 6) is 0.614. The van der Waals surface area contributed by atoms with Crippen LogP contribution in [0.4, 0.5) is 5.69 Å². The Labute approximate surface area is 110 Å². The fourth-order valence-corrected chi connectivity index (χ4v) is 2.46. The summed E-state index contributed by atoms with van der Waals surface area (Å²) in [6, 6.07) is 5.70. The van der Waals surface area contributed by atoms with Gasteiger partial charge in [-0.15, -0.1) is 11.3 Å². The van der Waals surface area contributed by atoms with Gasteiger partial charge in [-0.1, -0.05) is 6.07 Å². The van der Waals surface area contributed by atoms with Crippen molar-refractivity contribution in [3.05, 3.63) is 39.8 Å². The molecule has 2 rings (SSSR count). The molecule has 2 aromatic rings. The van der Waals surface area contributed by atoms with Crippen LogP contribution in [-0.4, -0.2) is 23.3 Å². The summed E-state index contributed by atoms with van der Waals surface area (Å²) in [6.45, 7) is 2.23. The van der Waals surface area contributed by atoms with E-state index in [1.165, 1.54) is 0 Å². The molecule has 4 nitrogen and oxygen atoms in total. The molecule has 96 valence electrons. The summed E-state index contributed by atoms with van der Waals surface area (Å²) in [5.41, 5.74) is 8.65. The van der Waals surface area contributed by atoms with Gasteiger partial charge in [-0.25, -0.2) is 4.98 Å². The van der Waals surface area contributed by atoms with Crippen LogP contribution in [0.5, 0.6) is 5.75 Å². The van der Waals surface area contributed by atoms with Crippen LogP contribution < -0.4 is 10.5 Å². The molecule has 3 N–H and O–H groups in total. The number of rotatable bonds is 5. The Balaban J connectivity index is 2.08. The first-order valence-electron chi connectivity index (χ1n) is 5.72. The molecule has 0 amide bonds. The number of aliphatic hydroxyl groups is 1. The van der Waals surface area contributed by atoms with Crippen molar-refractivity contribution in [1.29, 1.82) is 0 Å². The zero-order valence-corrected chi connectivity index (χ0v) is 11.0. The number of nitrogens with two attached hydrogens (primary N) is 1. The van der Waals surface area contributed by atoms with Crippen LogP contribution in [0, 0.1) is 6.92 Å². The molecule has 18 heavy (non-hydrogen) atoms. The van der Waals surface area contributed by atoms with Gasteiger partial charge in [0.15, 0.2) is 0 Å². The van der Waals surface area contributed by atoms with Crippen molar-refractivity contribution in [3.8, 4) is 5.75 Å². The van der Waals surface area contributed by atoms with E-state index in [0.29, 0.717) is 11.4 Å². The molecule has 0 saturated heterocycles. The zero-order valence-electron chi connectivity index (χ0n) is 10.2. The standard InChI is InChI=1S/C13H16N2O2S/c1-9-8-18-13(15-9)7-10-2-3-12(11(14)6-10)17-5-4-16/h2-3,6,8,16H,4-5,7,14H2,1H3. The average Bonchev–Trinajstić information content (AvgIpc) is 2.74. The molecular weight excluding hydrogens is 248 g/mol. The summed E-state index contributed by atoms with van der Waals surface area (Å²) >= 11 is 1.65. The lowest BCUT2D eigenvalue weighted by molar-refractivity contribution is 0.202. The number of aryl methyl sites for hydroxylation is 1. The lowest BCUT2D eigenvalue weighted by atomic mass is 10.1. The molecule has 0 spiro atoms. The smallest absolute Gasteiger partial charge is 0.142 e. The maximum absolute atomic E-state index is 8.70. The maximum atomic E-state index is 8.70. The number of hydrogen-bond donors (Lipinski definition) is 2. The van der Waals surface area contributed by atoms with E-state index in [1.807, 2.05) is 30.5 Å². The van der Waals surface area contributed by atoms with Gasteiger partial charge < -0.3 is 15.6 Å². The highest BCUT2D eigenvalue weighted by Gasteiger charge is 2.05. The Kier molecular flexibility index (Phi) is 4.17. The van der Waals surface area contributed by atoms with Gasteiger partial charge in [0.05, 0.1) is 17.3 Å². The van der Waals surface area contributed by atoms with Gasteiger partial charge in [-0.05, 0) is 24.6 Å². The maximum Gasteiger partial charge on any atom is 0.142 e. The number of anilines is 1. The van der Waals surface area contributed by atoms with Crippen molar-refractivity contribution in [3.63, 3.8) is 0 Å². The minimum absolute atomic E-state index is 0.0143. The third kappa shape index (κ3) is 3.21. The summed E-state index contributed by atoms with van der Waals surface area (Å²) < 4.78 is 5.31. The van der Waals surface area contributed by atoms with Crippen molar-refractivity contribution < 1.29 is 9.84 Å². The Bertz CT molecular complexity index is 525. The largest absolute Gasteiger partial charge is 0.489 e. The third-order valence-corrected chi connectivity index (χ3v) is 3.41. The average molecular weight is 264 g/mol. The van der Waals surface area contributed by atoms with E-state index in [4.69, 9.17) is 15.6 Å². The first kappa shape index (κ1) is 12.9. The second kappa shape index (κ2) is 5.84. The van der Waals surface area contributed by atoms with Crippen molar-refractivity contribution in [2.24, 2.45) is 0 Å². The molecule has 0 aliphatic rings. The van der Waals surface area contributed by atoms with Crippen molar-refractivity contribution >= 4 is 17.0 Å². The predicted octanol–water partition coefficient (Wildman–Crippen LogP) is 2.00. The molecule has 1 aromatic heterocycles. The predicted molar refractivity (Wildman–Crippen MR) is 73.1 cm³/mol. The molecule has 0 unspecified atom stereocenters. The summed E-state index contributed by atoms with van der Waals surface area (Å²) in [7, 11) is 0. The number of aromatic nitrogens is 1. The molecule has 0 radical (unpaired) electrons. The van der Waals surface area contributed by atoms with E-state index >= 15 is 0 Å². The molecule has 0 fully saturated rings. The fraction of sp³-hybridized carbons (Fsp3) is 0.308. The van der Waals surface area contributed by atoms with Crippen molar-refractivity contribution in [1.82, 2.24) is 4.98 Å². The highest BCUT2D eigenvalue weighted by Crippen LogP contribution is 2.24. The lowest BCUT2D eigenvalue weighted by Gasteiger charge is -2.08. The van der Waals surface area contributed by atoms with E-state index in [-0.39, 0.29) is 13.2 Å².